The Bertz CT molecular complexity index is 1160. The standard InChI is InChI=1S/C31H43FN4O5/c1-5-9-25-31(40)36(4)28(21(3)37)30(39)35-26(18-22-13-15-24(32)16-14-22)29(38)33-17-8-11-23-10-6-7-12-27(23)41-20(2)19-34-25/h6-7,10,12-16,20-21,25-26,28,34,37H,5,8-9,11,17-19H2,1-4H3,(H,33,38)(H,35,39)/t20-,21?,25?,26-,28+/m1/s1. The normalized spacial score (nSPS) is 24.2. The number of hydrogen-bond donors (Lipinski definition) is 4. The summed E-state index contributed by atoms with van der Waals surface area (Å²) in [4.78, 5) is 41.6. The zero-order chi connectivity index (χ0) is 29.9. The number of rotatable bonds is 5. The summed E-state index contributed by atoms with van der Waals surface area (Å²) < 4.78 is 19.7. The number of nitrogens with one attached hydrogen (secondary N) is 3. The van der Waals surface area contributed by atoms with Gasteiger partial charge in [0, 0.05) is 26.6 Å². The molecule has 2 aromatic carbocycles. The van der Waals surface area contributed by atoms with E-state index in [9.17, 15) is 23.9 Å². The van der Waals surface area contributed by atoms with Crippen LogP contribution in [0.2, 0.25) is 0 Å². The topological polar surface area (TPSA) is 120 Å². The first-order valence-electron chi connectivity index (χ1n) is 14.4. The average molecular weight is 571 g/mol. The van der Waals surface area contributed by atoms with Gasteiger partial charge in [-0.25, -0.2) is 4.39 Å². The molecule has 41 heavy (non-hydrogen) atoms. The molecule has 0 saturated carbocycles. The minimum atomic E-state index is -1.23. The van der Waals surface area contributed by atoms with Crippen molar-refractivity contribution >= 4 is 17.7 Å². The van der Waals surface area contributed by atoms with E-state index in [1.807, 2.05) is 38.1 Å². The van der Waals surface area contributed by atoms with Gasteiger partial charge < -0.3 is 30.7 Å². The first kappa shape index (κ1) is 32.0. The molecule has 0 aromatic heterocycles. The van der Waals surface area contributed by atoms with Gasteiger partial charge in [0.05, 0.1) is 12.1 Å². The fourth-order valence-corrected chi connectivity index (χ4v) is 5.03. The van der Waals surface area contributed by atoms with Crippen molar-refractivity contribution in [2.75, 3.05) is 20.1 Å². The number of amides is 3. The minimum Gasteiger partial charge on any atom is -0.489 e. The summed E-state index contributed by atoms with van der Waals surface area (Å²) in [6.45, 7) is 6.09. The second kappa shape index (κ2) is 15.5. The van der Waals surface area contributed by atoms with Gasteiger partial charge in [0.25, 0.3) is 0 Å². The molecule has 2 aromatic rings. The summed E-state index contributed by atoms with van der Waals surface area (Å²) >= 11 is 0. The number of fused-ring (bicyclic) bond motifs is 1. The number of aliphatic hydroxyl groups excluding tert-OH is 1. The molecule has 3 amide bonds. The summed E-state index contributed by atoms with van der Waals surface area (Å²) in [6, 6.07) is 10.6. The van der Waals surface area contributed by atoms with E-state index >= 15 is 0 Å². The quantitative estimate of drug-likeness (QED) is 0.438. The van der Waals surface area contributed by atoms with Crippen LogP contribution in [0.3, 0.4) is 0 Å². The number of likely N-dealkylation sites (N-methyl/N-ethyl adjacent to an activating group) is 1. The molecule has 0 bridgehead atoms. The lowest BCUT2D eigenvalue weighted by atomic mass is 10.0. The highest BCUT2D eigenvalue weighted by Gasteiger charge is 2.36. The minimum absolute atomic E-state index is 0.108. The van der Waals surface area contributed by atoms with Crippen molar-refractivity contribution in [3.05, 3.63) is 65.5 Å². The summed E-state index contributed by atoms with van der Waals surface area (Å²) in [5, 5.41) is 19.5. The molecule has 0 aliphatic carbocycles. The first-order valence-corrected chi connectivity index (χ1v) is 14.4. The van der Waals surface area contributed by atoms with E-state index in [4.69, 9.17) is 4.74 Å². The Hall–Kier alpha value is -3.50. The maximum atomic E-state index is 13.6. The Balaban J connectivity index is 1.92. The Labute approximate surface area is 241 Å². The van der Waals surface area contributed by atoms with Gasteiger partial charge in [-0.05, 0) is 62.4 Å². The van der Waals surface area contributed by atoms with Gasteiger partial charge in [0.1, 0.15) is 29.8 Å². The molecule has 0 spiro atoms. The number of benzene rings is 2. The maximum Gasteiger partial charge on any atom is 0.246 e. The largest absolute Gasteiger partial charge is 0.489 e. The highest BCUT2D eigenvalue weighted by Crippen LogP contribution is 2.21. The van der Waals surface area contributed by atoms with Crippen molar-refractivity contribution in [1.82, 2.24) is 20.9 Å². The lowest BCUT2D eigenvalue weighted by Gasteiger charge is -2.34. The van der Waals surface area contributed by atoms with Gasteiger partial charge in [-0.15, -0.1) is 0 Å². The fraction of sp³-hybridized carbons (Fsp3) is 0.516. The van der Waals surface area contributed by atoms with Crippen LogP contribution >= 0.6 is 0 Å². The molecule has 9 nitrogen and oxygen atoms in total. The Morgan fingerprint density at radius 1 is 1.07 bits per heavy atom. The summed E-state index contributed by atoms with van der Waals surface area (Å²) in [7, 11) is 1.48. The van der Waals surface area contributed by atoms with Crippen molar-refractivity contribution in [3.63, 3.8) is 0 Å². The molecule has 2 unspecified atom stereocenters. The van der Waals surface area contributed by atoms with E-state index < -0.39 is 41.9 Å². The fourth-order valence-electron chi connectivity index (χ4n) is 5.03. The van der Waals surface area contributed by atoms with E-state index in [0.717, 1.165) is 17.7 Å². The van der Waals surface area contributed by atoms with E-state index in [1.54, 1.807) is 12.1 Å². The Kier molecular flexibility index (Phi) is 12.1. The van der Waals surface area contributed by atoms with Gasteiger partial charge in [0.15, 0.2) is 0 Å². The monoisotopic (exact) mass is 570 g/mol. The predicted molar refractivity (Wildman–Crippen MR) is 155 cm³/mol. The molecule has 1 heterocycles. The Morgan fingerprint density at radius 2 is 1.78 bits per heavy atom. The van der Waals surface area contributed by atoms with Crippen LogP contribution in [-0.2, 0) is 27.2 Å². The molecule has 1 aliphatic rings. The van der Waals surface area contributed by atoms with Crippen LogP contribution in [0.1, 0.15) is 51.2 Å². The van der Waals surface area contributed by atoms with Crippen LogP contribution < -0.4 is 20.7 Å². The lowest BCUT2D eigenvalue weighted by Crippen LogP contribution is -2.60. The van der Waals surface area contributed by atoms with Crippen LogP contribution in [0.15, 0.2) is 48.5 Å². The van der Waals surface area contributed by atoms with E-state index in [1.165, 1.54) is 31.0 Å². The number of carbonyl (C=O) groups excluding carboxylic acids is 3. The second-order valence-corrected chi connectivity index (χ2v) is 10.7. The third-order valence-electron chi connectivity index (χ3n) is 7.23. The number of hydrogen-bond acceptors (Lipinski definition) is 6. The number of nitrogens with zero attached hydrogens (tertiary/aromatic N) is 1. The van der Waals surface area contributed by atoms with Crippen molar-refractivity contribution < 1.29 is 28.6 Å². The average Bonchev–Trinajstić information content (AvgIpc) is 2.93. The zero-order valence-electron chi connectivity index (χ0n) is 24.4. The van der Waals surface area contributed by atoms with Crippen molar-refractivity contribution in [1.29, 1.82) is 0 Å². The summed E-state index contributed by atoms with van der Waals surface area (Å²) in [6.07, 6.45) is 1.22. The zero-order valence-corrected chi connectivity index (χ0v) is 24.4. The van der Waals surface area contributed by atoms with Gasteiger partial charge in [-0.3, -0.25) is 14.4 Å². The highest BCUT2D eigenvalue weighted by molar-refractivity contribution is 5.93. The number of para-hydroxylation sites is 1. The molecular formula is C31H43FN4O5. The van der Waals surface area contributed by atoms with Gasteiger partial charge in [-0.1, -0.05) is 43.7 Å². The second-order valence-electron chi connectivity index (χ2n) is 10.7. The highest BCUT2D eigenvalue weighted by atomic mass is 19.1. The number of halogens is 1. The third-order valence-corrected chi connectivity index (χ3v) is 7.23. The SMILES string of the molecule is CCCC1NC[C@@H](C)Oc2ccccc2CCCNC(=O)[C@@H](Cc2ccc(F)cc2)NC(=O)[C@H](C(C)O)N(C)C1=O. The molecule has 0 radical (unpaired) electrons. The van der Waals surface area contributed by atoms with Gasteiger partial charge in [-0.2, -0.15) is 0 Å². The van der Waals surface area contributed by atoms with Crippen molar-refractivity contribution in [3.8, 4) is 5.75 Å². The van der Waals surface area contributed by atoms with E-state index in [2.05, 4.69) is 16.0 Å². The van der Waals surface area contributed by atoms with Crippen molar-refractivity contribution in [2.24, 2.45) is 0 Å². The first-order chi connectivity index (χ1) is 19.6. The number of aryl methyl sites for hydroxylation is 1. The Morgan fingerprint density at radius 3 is 2.46 bits per heavy atom. The van der Waals surface area contributed by atoms with Crippen LogP contribution in [0.5, 0.6) is 5.75 Å². The molecule has 1 aliphatic heterocycles. The molecule has 0 saturated heterocycles. The number of aliphatic hydroxyl groups is 1. The maximum absolute atomic E-state index is 13.6. The molecule has 5 atom stereocenters. The number of carbonyl (C=O) groups is 3. The van der Waals surface area contributed by atoms with Gasteiger partial charge >= 0.3 is 0 Å². The van der Waals surface area contributed by atoms with Crippen LogP contribution in [-0.4, -0.2) is 78.2 Å². The van der Waals surface area contributed by atoms with Crippen LogP contribution in [0, 0.1) is 5.82 Å². The summed E-state index contributed by atoms with van der Waals surface area (Å²) in [5.74, 6) is -1.07. The molecule has 4 N–H and O–H groups in total. The molecule has 10 heteroatoms. The lowest BCUT2D eigenvalue weighted by molar-refractivity contribution is -0.145. The molecule has 224 valence electrons. The molecular weight excluding hydrogens is 527 g/mol. The van der Waals surface area contributed by atoms with E-state index in [-0.39, 0.29) is 18.4 Å². The molecule has 0 fully saturated rings. The summed E-state index contributed by atoms with van der Waals surface area (Å²) in [5.41, 5.74) is 1.66. The number of ether oxygens (including phenoxy) is 1. The van der Waals surface area contributed by atoms with E-state index in [0.29, 0.717) is 37.9 Å². The van der Waals surface area contributed by atoms with Crippen molar-refractivity contribution in [2.45, 2.75) is 83.2 Å². The smallest absolute Gasteiger partial charge is 0.246 e. The predicted octanol–water partition coefficient (Wildman–Crippen LogP) is 2.35. The van der Waals surface area contributed by atoms with Gasteiger partial charge in [0.2, 0.25) is 17.7 Å². The molecule has 3 rings (SSSR count). The van der Waals surface area contributed by atoms with Crippen LogP contribution in [0.4, 0.5) is 4.39 Å². The van der Waals surface area contributed by atoms with Crippen LogP contribution in [0.25, 0.3) is 0 Å². The third kappa shape index (κ3) is 9.26.